The third-order valence-electron chi connectivity index (χ3n) is 0. The molecule has 0 aliphatic heterocycles. The molecule has 0 saturated heterocycles. The average Bonchev–Trinajstić information content (AvgIpc) is 0. The average molecular weight is 289 g/mol. The van der Waals surface area contributed by atoms with E-state index in [0.717, 1.165) is 0 Å². The summed E-state index contributed by atoms with van der Waals surface area (Å²) >= 11 is 0. The summed E-state index contributed by atoms with van der Waals surface area (Å²) in [4.78, 5) is 0. The van der Waals surface area contributed by atoms with Gasteiger partial charge in [-0.25, -0.2) is 0 Å². The Labute approximate surface area is 106 Å². The van der Waals surface area contributed by atoms with Crippen molar-refractivity contribution in [2.75, 3.05) is 0 Å². The second kappa shape index (κ2) is 257. The van der Waals surface area contributed by atoms with Crippen LogP contribution in [0.1, 0.15) is 0 Å². The zero-order valence-corrected chi connectivity index (χ0v) is 11.9. The van der Waals surface area contributed by atoms with E-state index in [1.807, 2.05) is 0 Å². The van der Waals surface area contributed by atoms with Crippen LogP contribution in [0, 0.1) is 0 Å². The Kier molecular flexibility index (Phi) is 8710. The molecule has 0 aromatic rings. The molecule has 0 aromatic heterocycles. The van der Waals surface area contributed by atoms with Crippen molar-refractivity contribution in [3.05, 3.63) is 0 Å². The van der Waals surface area contributed by atoms with E-state index in [4.69, 9.17) is 0 Å². The minimum absolute atomic E-state index is 0. The van der Waals surface area contributed by atoms with Crippen molar-refractivity contribution in [2.45, 2.75) is 0 Å². The molecule has 10 heteroatoms. The quantitative estimate of drug-likeness (QED) is 0.439. The molecule has 0 N–H and O–H groups in total. The van der Waals surface area contributed by atoms with Gasteiger partial charge in [0.25, 0.3) is 0 Å². The Morgan fingerprint density at radius 3 is 0.300 bits per heavy atom. The van der Waals surface area contributed by atoms with Gasteiger partial charge in [-0.1, -0.05) is 0 Å². The third-order valence-corrected chi connectivity index (χ3v) is 0. The van der Waals surface area contributed by atoms with Crippen molar-refractivity contribution >= 4 is 74.3 Å². The molecule has 0 unspecified atom stereocenters. The number of hydrogen-bond acceptors (Lipinski definition) is 0. The van der Waals surface area contributed by atoms with Crippen LogP contribution in [0.5, 0.6) is 0 Å². The Hall–Kier alpha value is 2.10. The molecule has 0 saturated carbocycles. The predicted octanol–water partition coefficient (Wildman–Crippen LogP) is -2.24. The van der Waals surface area contributed by atoms with Gasteiger partial charge in [-0.2, -0.15) is 0 Å². The fourth-order valence-electron chi connectivity index (χ4n) is 0. The van der Waals surface area contributed by atoms with Crippen LogP contribution in [-0.2, 0) is 32.9 Å². The van der Waals surface area contributed by atoms with Crippen molar-refractivity contribution in [3.63, 3.8) is 0 Å². The Bertz CT molecular complexity index is 13.7. The van der Waals surface area contributed by atoms with E-state index < -0.39 is 0 Å². The maximum atomic E-state index is 0. The molecule has 0 spiro atoms. The SMILES string of the molecule is [Al+3].[Al+3].[Ga+3].[Ga+3].[O-2].[O-2].[O-2].[O-2].[O-2].[O-2]. The van der Waals surface area contributed by atoms with E-state index >= 15 is 0 Å². The fraction of sp³-hybridized carbons (Fsp3) is 0. The maximum absolute atomic E-state index is 0. The van der Waals surface area contributed by atoms with Gasteiger partial charge >= 0.3 is 74.3 Å². The van der Waals surface area contributed by atoms with Gasteiger partial charge in [0, 0.05) is 0 Å². The van der Waals surface area contributed by atoms with Crippen molar-refractivity contribution in [3.8, 4) is 0 Å². The summed E-state index contributed by atoms with van der Waals surface area (Å²) in [5, 5.41) is 0. The van der Waals surface area contributed by atoms with Crippen LogP contribution >= 0.6 is 0 Å². The van der Waals surface area contributed by atoms with Crippen LogP contribution < -0.4 is 0 Å². The van der Waals surface area contributed by atoms with Crippen LogP contribution in [-0.4, -0.2) is 74.3 Å². The van der Waals surface area contributed by atoms with Gasteiger partial charge in [-0.15, -0.1) is 0 Å². The summed E-state index contributed by atoms with van der Waals surface area (Å²) in [6.45, 7) is 0. The Balaban J connectivity index is 0. The molecule has 6 nitrogen and oxygen atoms in total. The van der Waals surface area contributed by atoms with Crippen molar-refractivity contribution in [1.29, 1.82) is 0 Å². The topological polar surface area (TPSA) is 171 Å². The third kappa shape index (κ3) is 190. The summed E-state index contributed by atoms with van der Waals surface area (Å²) < 4.78 is 0. The van der Waals surface area contributed by atoms with Crippen LogP contribution in [0.25, 0.3) is 0 Å². The molecule has 0 radical (unpaired) electrons. The summed E-state index contributed by atoms with van der Waals surface area (Å²) in [5.41, 5.74) is 0. The standard InChI is InChI=1S/2Al.2Ga.6O/q4*+3;6*-2. The maximum Gasteiger partial charge on any atom is 3.00 e. The van der Waals surface area contributed by atoms with Gasteiger partial charge in [-0.3, -0.25) is 0 Å². The minimum Gasteiger partial charge on any atom is -2.00 e. The first kappa shape index (κ1) is 339. The number of rotatable bonds is 0. The van der Waals surface area contributed by atoms with E-state index in [2.05, 4.69) is 0 Å². The monoisotopic (exact) mass is 288 g/mol. The minimum atomic E-state index is 0. The van der Waals surface area contributed by atoms with Gasteiger partial charge in [0.15, 0.2) is 0 Å². The van der Waals surface area contributed by atoms with Crippen molar-refractivity contribution < 1.29 is 32.9 Å². The van der Waals surface area contributed by atoms with Crippen LogP contribution in [0.2, 0.25) is 0 Å². The molecule has 0 rings (SSSR count). The first-order valence-electron chi connectivity index (χ1n) is 0. The van der Waals surface area contributed by atoms with E-state index in [0.29, 0.717) is 0 Å². The molecule has 10 heavy (non-hydrogen) atoms. The van der Waals surface area contributed by atoms with E-state index in [1.165, 1.54) is 0 Å². The zero-order valence-electron chi connectivity index (χ0n) is 4.76. The molecule has 0 amide bonds. The molecule has 0 atom stereocenters. The van der Waals surface area contributed by atoms with E-state index in [9.17, 15) is 0 Å². The van der Waals surface area contributed by atoms with Gasteiger partial charge in [-0.05, 0) is 0 Å². The molecule has 48 valence electrons. The summed E-state index contributed by atoms with van der Waals surface area (Å²) in [5.74, 6) is 0. The molecule has 0 aromatic carbocycles. The van der Waals surface area contributed by atoms with Crippen LogP contribution in [0.3, 0.4) is 0 Å². The first-order chi connectivity index (χ1) is 0. The smallest absolute Gasteiger partial charge is 2.00 e. The zero-order chi connectivity index (χ0) is 0. The second-order valence-corrected chi connectivity index (χ2v) is 0. The van der Waals surface area contributed by atoms with Gasteiger partial charge in [0.05, 0.1) is 0 Å². The largest absolute Gasteiger partial charge is 3.00 e. The molecular weight excluding hydrogens is 289 g/mol. The first-order valence-corrected chi connectivity index (χ1v) is 0. The predicted molar refractivity (Wildman–Crippen MR) is 27.1 cm³/mol. The Morgan fingerprint density at radius 2 is 0.300 bits per heavy atom. The van der Waals surface area contributed by atoms with Crippen molar-refractivity contribution in [2.24, 2.45) is 0 Å². The molecule has 0 aliphatic rings. The molecule has 0 bridgehead atoms. The van der Waals surface area contributed by atoms with Gasteiger partial charge in [0.2, 0.25) is 0 Å². The van der Waals surface area contributed by atoms with Crippen LogP contribution in [0.4, 0.5) is 0 Å². The van der Waals surface area contributed by atoms with E-state index in [1.54, 1.807) is 0 Å². The van der Waals surface area contributed by atoms with Crippen molar-refractivity contribution in [1.82, 2.24) is 0 Å². The summed E-state index contributed by atoms with van der Waals surface area (Å²) in [6.07, 6.45) is 0. The second-order valence-electron chi connectivity index (χ2n) is 0. The molecule has 0 fully saturated rings. The fourth-order valence-corrected chi connectivity index (χ4v) is 0. The van der Waals surface area contributed by atoms with E-state index in [-0.39, 0.29) is 107 Å². The van der Waals surface area contributed by atoms with Gasteiger partial charge in [0.1, 0.15) is 0 Å². The number of hydrogen-bond donors (Lipinski definition) is 0. The molecular formula is Al2Ga2O6. The molecule has 0 heterocycles. The van der Waals surface area contributed by atoms with Crippen LogP contribution in [0.15, 0.2) is 0 Å². The summed E-state index contributed by atoms with van der Waals surface area (Å²) in [6, 6.07) is 0. The molecule has 0 aliphatic carbocycles. The summed E-state index contributed by atoms with van der Waals surface area (Å²) in [7, 11) is 0. The van der Waals surface area contributed by atoms with Gasteiger partial charge < -0.3 is 32.9 Å². The Morgan fingerprint density at radius 1 is 0.300 bits per heavy atom. The normalized spacial score (nSPS) is 0.